The summed E-state index contributed by atoms with van der Waals surface area (Å²) in [4.78, 5) is 8.62. The number of pyridine rings is 1. The molecule has 0 amide bonds. The molecule has 0 N–H and O–H groups in total. The Balaban J connectivity index is 2.01. The summed E-state index contributed by atoms with van der Waals surface area (Å²) < 4.78 is 5.32. The summed E-state index contributed by atoms with van der Waals surface area (Å²) in [7, 11) is 0. The van der Waals surface area contributed by atoms with Crippen LogP contribution >= 0.6 is 0 Å². The van der Waals surface area contributed by atoms with Crippen molar-refractivity contribution in [2.24, 2.45) is 0 Å². The number of nitriles is 1. The monoisotopic (exact) mass is 276 g/mol. The maximum absolute atomic E-state index is 8.88. The van der Waals surface area contributed by atoms with Crippen molar-refractivity contribution in [3.05, 3.63) is 53.7 Å². The van der Waals surface area contributed by atoms with Gasteiger partial charge in [0, 0.05) is 11.8 Å². The molecule has 0 radical (unpaired) electrons. The molecule has 0 aliphatic heterocycles. The molecule has 2 heterocycles. The van der Waals surface area contributed by atoms with Gasteiger partial charge in [-0.25, -0.2) is 0 Å². The molecule has 3 aromatic rings. The standard InChI is InChI=1S/C16H12N4O/c1-11-7-9-18-14(10-11)15-19-16(21-20-15)13-5-3-2-4-12(13)6-8-17/h2-5,7,9-10H,6H2,1H3. The molecule has 102 valence electrons. The highest BCUT2D eigenvalue weighted by Gasteiger charge is 2.14. The van der Waals surface area contributed by atoms with E-state index >= 15 is 0 Å². The average molecular weight is 276 g/mol. The molecular formula is C16H12N4O. The topological polar surface area (TPSA) is 75.6 Å². The van der Waals surface area contributed by atoms with Gasteiger partial charge in [0.05, 0.1) is 12.5 Å². The molecule has 0 fully saturated rings. The first-order valence-electron chi connectivity index (χ1n) is 6.50. The smallest absolute Gasteiger partial charge is 0.258 e. The van der Waals surface area contributed by atoms with Crippen LogP contribution in [0.3, 0.4) is 0 Å². The molecule has 21 heavy (non-hydrogen) atoms. The van der Waals surface area contributed by atoms with Crippen LogP contribution in [0.25, 0.3) is 23.0 Å². The van der Waals surface area contributed by atoms with E-state index in [1.54, 1.807) is 6.20 Å². The van der Waals surface area contributed by atoms with Crippen molar-refractivity contribution < 1.29 is 4.52 Å². The maximum atomic E-state index is 8.88. The zero-order valence-corrected chi connectivity index (χ0v) is 11.4. The van der Waals surface area contributed by atoms with Crippen LogP contribution in [0.4, 0.5) is 0 Å². The maximum Gasteiger partial charge on any atom is 0.258 e. The molecular weight excluding hydrogens is 264 g/mol. The normalized spacial score (nSPS) is 10.3. The van der Waals surface area contributed by atoms with Crippen molar-refractivity contribution in [2.75, 3.05) is 0 Å². The lowest BCUT2D eigenvalue weighted by atomic mass is 10.1. The second kappa shape index (κ2) is 5.55. The SMILES string of the molecule is Cc1ccnc(-c2noc(-c3ccccc3CC#N)n2)c1. The molecule has 3 rings (SSSR count). The summed E-state index contributed by atoms with van der Waals surface area (Å²) in [6.45, 7) is 1.98. The Morgan fingerprint density at radius 3 is 2.90 bits per heavy atom. The fourth-order valence-corrected chi connectivity index (χ4v) is 2.06. The van der Waals surface area contributed by atoms with Crippen LogP contribution in [-0.4, -0.2) is 15.1 Å². The Bertz CT molecular complexity index is 817. The fourth-order valence-electron chi connectivity index (χ4n) is 2.06. The number of aromatic nitrogens is 3. The van der Waals surface area contributed by atoms with Gasteiger partial charge in [-0.2, -0.15) is 10.2 Å². The molecule has 0 unspecified atom stereocenters. The van der Waals surface area contributed by atoms with Gasteiger partial charge >= 0.3 is 0 Å². The summed E-state index contributed by atoms with van der Waals surface area (Å²) in [6.07, 6.45) is 2.01. The van der Waals surface area contributed by atoms with E-state index in [0.29, 0.717) is 23.8 Å². The van der Waals surface area contributed by atoms with Gasteiger partial charge in [-0.3, -0.25) is 4.98 Å². The predicted molar refractivity (Wildman–Crippen MR) is 77.0 cm³/mol. The molecule has 0 saturated carbocycles. The van der Waals surface area contributed by atoms with E-state index in [4.69, 9.17) is 9.78 Å². The molecule has 0 saturated heterocycles. The Kier molecular flexibility index (Phi) is 3.44. The number of hydrogen-bond acceptors (Lipinski definition) is 5. The highest BCUT2D eigenvalue weighted by molar-refractivity contribution is 5.61. The van der Waals surface area contributed by atoms with E-state index in [9.17, 15) is 0 Å². The van der Waals surface area contributed by atoms with Crippen molar-refractivity contribution >= 4 is 0 Å². The van der Waals surface area contributed by atoms with Gasteiger partial charge in [-0.15, -0.1) is 0 Å². The van der Waals surface area contributed by atoms with E-state index < -0.39 is 0 Å². The van der Waals surface area contributed by atoms with E-state index in [2.05, 4.69) is 21.2 Å². The lowest BCUT2D eigenvalue weighted by Crippen LogP contribution is -1.89. The van der Waals surface area contributed by atoms with Gasteiger partial charge in [0.15, 0.2) is 0 Å². The zero-order valence-electron chi connectivity index (χ0n) is 11.4. The Morgan fingerprint density at radius 2 is 2.10 bits per heavy atom. The second-order valence-corrected chi connectivity index (χ2v) is 4.63. The molecule has 0 spiro atoms. The zero-order chi connectivity index (χ0) is 14.7. The Morgan fingerprint density at radius 1 is 1.24 bits per heavy atom. The van der Waals surface area contributed by atoms with Crippen molar-refractivity contribution in [3.63, 3.8) is 0 Å². The minimum absolute atomic E-state index is 0.302. The Labute approximate surface area is 121 Å². The fraction of sp³-hybridized carbons (Fsp3) is 0.125. The molecule has 5 nitrogen and oxygen atoms in total. The van der Waals surface area contributed by atoms with E-state index in [1.165, 1.54) is 0 Å². The highest BCUT2D eigenvalue weighted by Crippen LogP contribution is 2.24. The van der Waals surface area contributed by atoms with Gasteiger partial charge in [-0.1, -0.05) is 23.4 Å². The minimum atomic E-state index is 0.302. The van der Waals surface area contributed by atoms with Crippen LogP contribution in [0.1, 0.15) is 11.1 Å². The van der Waals surface area contributed by atoms with Crippen molar-refractivity contribution in [1.82, 2.24) is 15.1 Å². The van der Waals surface area contributed by atoms with Crippen LogP contribution in [-0.2, 0) is 6.42 Å². The number of benzene rings is 1. The van der Waals surface area contributed by atoms with Gasteiger partial charge in [0.1, 0.15) is 5.69 Å². The number of aryl methyl sites for hydroxylation is 1. The van der Waals surface area contributed by atoms with E-state index in [0.717, 1.165) is 16.7 Å². The molecule has 2 aromatic heterocycles. The van der Waals surface area contributed by atoms with Crippen LogP contribution in [0.15, 0.2) is 47.1 Å². The molecule has 0 bridgehead atoms. The van der Waals surface area contributed by atoms with Crippen LogP contribution < -0.4 is 0 Å². The third-order valence-electron chi connectivity index (χ3n) is 3.09. The number of nitrogens with zero attached hydrogens (tertiary/aromatic N) is 4. The number of hydrogen-bond donors (Lipinski definition) is 0. The van der Waals surface area contributed by atoms with Crippen molar-refractivity contribution in [2.45, 2.75) is 13.3 Å². The van der Waals surface area contributed by atoms with Gasteiger partial charge < -0.3 is 4.52 Å². The molecule has 0 aliphatic carbocycles. The first-order chi connectivity index (χ1) is 10.3. The van der Waals surface area contributed by atoms with Crippen LogP contribution in [0.2, 0.25) is 0 Å². The third kappa shape index (κ3) is 2.65. The lowest BCUT2D eigenvalue weighted by molar-refractivity contribution is 0.432. The predicted octanol–water partition coefficient (Wildman–Crippen LogP) is 3.17. The first kappa shape index (κ1) is 13.0. The van der Waals surface area contributed by atoms with Crippen molar-refractivity contribution in [1.29, 1.82) is 5.26 Å². The summed E-state index contributed by atoms with van der Waals surface area (Å²) in [6, 6.07) is 13.5. The molecule has 5 heteroatoms. The van der Waals surface area contributed by atoms with Crippen LogP contribution in [0, 0.1) is 18.3 Å². The lowest BCUT2D eigenvalue weighted by Gasteiger charge is -2.00. The highest BCUT2D eigenvalue weighted by atomic mass is 16.5. The summed E-state index contributed by atoms with van der Waals surface area (Å²) in [5.41, 5.74) is 3.40. The molecule has 1 aromatic carbocycles. The number of rotatable bonds is 3. The minimum Gasteiger partial charge on any atom is -0.334 e. The summed E-state index contributed by atoms with van der Waals surface area (Å²) >= 11 is 0. The third-order valence-corrected chi connectivity index (χ3v) is 3.09. The molecule has 0 atom stereocenters. The van der Waals surface area contributed by atoms with Crippen LogP contribution in [0.5, 0.6) is 0 Å². The average Bonchev–Trinajstić information content (AvgIpc) is 2.98. The van der Waals surface area contributed by atoms with Gasteiger partial charge in [0.2, 0.25) is 5.82 Å². The quantitative estimate of drug-likeness (QED) is 0.734. The first-order valence-corrected chi connectivity index (χ1v) is 6.50. The second-order valence-electron chi connectivity index (χ2n) is 4.63. The largest absolute Gasteiger partial charge is 0.334 e. The van der Waals surface area contributed by atoms with E-state index in [-0.39, 0.29) is 0 Å². The van der Waals surface area contributed by atoms with Gasteiger partial charge in [0.25, 0.3) is 5.89 Å². The van der Waals surface area contributed by atoms with E-state index in [1.807, 2.05) is 43.3 Å². The summed E-state index contributed by atoms with van der Waals surface area (Å²) in [5, 5.41) is 12.9. The molecule has 0 aliphatic rings. The summed E-state index contributed by atoms with van der Waals surface area (Å²) in [5.74, 6) is 0.847. The van der Waals surface area contributed by atoms with Gasteiger partial charge in [-0.05, 0) is 36.2 Å². The Hall–Kier alpha value is -3.00. The van der Waals surface area contributed by atoms with Crippen molar-refractivity contribution in [3.8, 4) is 29.0 Å².